The van der Waals surface area contributed by atoms with Crippen LogP contribution in [0.15, 0.2) is 12.3 Å². The Kier molecular flexibility index (Phi) is 3.56. The highest BCUT2D eigenvalue weighted by molar-refractivity contribution is 5.28. The SMILES string of the molecule is CC(C)c1cnc2c(c1)CN(CCO)CC2. The van der Waals surface area contributed by atoms with E-state index in [0.717, 1.165) is 26.1 Å². The Balaban J connectivity index is 2.18. The van der Waals surface area contributed by atoms with E-state index in [9.17, 15) is 0 Å². The largest absolute Gasteiger partial charge is 0.395 e. The van der Waals surface area contributed by atoms with Crippen LogP contribution < -0.4 is 0 Å². The fraction of sp³-hybridized carbons (Fsp3) is 0.615. The van der Waals surface area contributed by atoms with Gasteiger partial charge in [0.15, 0.2) is 0 Å². The minimum atomic E-state index is 0.243. The molecule has 1 aliphatic rings. The topological polar surface area (TPSA) is 36.4 Å². The van der Waals surface area contributed by atoms with E-state index in [1.54, 1.807) is 0 Å². The summed E-state index contributed by atoms with van der Waals surface area (Å²) in [5.41, 5.74) is 3.88. The van der Waals surface area contributed by atoms with E-state index in [1.807, 2.05) is 6.20 Å². The average molecular weight is 220 g/mol. The molecule has 2 rings (SSSR count). The third kappa shape index (κ3) is 2.42. The van der Waals surface area contributed by atoms with Crippen molar-refractivity contribution in [3.63, 3.8) is 0 Å². The van der Waals surface area contributed by atoms with E-state index in [4.69, 9.17) is 5.11 Å². The van der Waals surface area contributed by atoms with Crippen molar-refractivity contribution in [2.75, 3.05) is 19.7 Å². The van der Waals surface area contributed by atoms with Crippen molar-refractivity contribution in [1.29, 1.82) is 0 Å². The van der Waals surface area contributed by atoms with Crippen LogP contribution in [0, 0.1) is 0 Å². The van der Waals surface area contributed by atoms with Crippen molar-refractivity contribution < 1.29 is 5.11 Å². The Morgan fingerprint density at radius 3 is 3.00 bits per heavy atom. The Morgan fingerprint density at radius 2 is 2.31 bits per heavy atom. The van der Waals surface area contributed by atoms with Gasteiger partial charge in [0.05, 0.1) is 6.61 Å². The van der Waals surface area contributed by atoms with Crippen LogP contribution in [0.4, 0.5) is 0 Å². The smallest absolute Gasteiger partial charge is 0.0558 e. The molecule has 0 unspecified atom stereocenters. The fourth-order valence-electron chi connectivity index (χ4n) is 2.15. The summed E-state index contributed by atoms with van der Waals surface area (Å²) >= 11 is 0. The van der Waals surface area contributed by atoms with Crippen LogP contribution in [0.25, 0.3) is 0 Å². The monoisotopic (exact) mass is 220 g/mol. The van der Waals surface area contributed by atoms with E-state index in [-0.39, 0.29) is 6.61 Å². The predicted octanol–water partition coefficient (Wildman–Crippen LogP) is 1.56. The van der Waals surface area contributed by atoms with Gasteiger partial charge in [-0.05, 0) is 17.0 Å². The number of nitrogens with zero attached hydrogens (tertiary/aromatic N) is 2. The summed E-state index contributed by atoms with van der Waals surface area (Å²) in [6, 6.07) is 2.27. The predicted molar refractivity (Wildman–Crippen MR) is 64.4 cm³/mol. The van der Waals surface area contributed by atoms with Gasteiger partial charge in [-0.1, -0.05) is 19.9 Å². The maximum absolute atomic E-state index is 8.95. The minimum absolute atomic E-state index is 0.243. The van der Waals surface area contributed by atoms with Gasteiger partial charge < -0.3 is 5.11 Å². The zero-order valence-electron chi connectivity index (χ0n) is 10.1. The van der Waals surface area contributed by atoms with Gasteiger partial charge in [-0.25, -0.2) is 0 Å². The van der Waals surface area contributed by atoms with E-state index in [1.165, 1.54) is 16.8 Å². The van der Waals surface area contributed by atoms with Crippen LogP contribution in [-0.4, -0.2) is 34.7 Å². The quantitative estimate of drug-likeness (QED) is 0.839. The number of aliphatic hydroxyl groups excluding tert-OH is 1. The highest BCUT2D eigenvalue weighted by Gasteiger charge is 2.17. The molecular weight excluding hydrogens is 200 g/mol. The van der Waals surface area contributed by atoms with Crippen molar-refractivity contribution in [3.8, 4) is 0 Å². The Labute approximate surface area is 97.1 Å². The molecular formula is C13H20N2O. The van der Waals surface area contributed by atoms with Crippen molar-refractivity contribution in [2.24, 2.45) is 0 Å². The van der Waals surface area contributed by atoms with E-state index in [0.29, 0.717) is 5.92 Å². The number of rotatable bonds is 3. The molecule has 1 aromatic rings. The molecule has 0 atom stereocenters. The summed E-state index contributed by atoms with van der Waals surface area (Å²) in [6.45, 7) is 7.35. The molecule has 3 nitrogen and oxygen atoms in total. The Hall–Kier alpha value is -0.930. The molecule has 0 bridgehead atoms. The van der Waals surface area contributed by atoms with Gasteiger partial charge in [-0.2, -0.15) is 0 Å². The maximum atomic E-state index is 8.95. The maximum Gasteiger partial charge on any atom is 0.0558 e. The van der Waals surface area contributed by atoms with Crippen LogP contribution in [0.3, 0.4) is 0 Å². The molecule has 0 spiro atoms. The molecule has 88 valence electrons. The second-order valence-electron chi connectivity index (χ2n) is 4.78. The number of β-amino-alcohol motifs (C(OH)–C–C–N with tert-alkyl or cyclic N) is 1. The molecule has 2 heterocycles. The van der Waals surface area contributed by atoms with Gasteiger partial charge in [0.25, 0.3) is 0 Å². The van der Waals surface area contributed by atoms with Crippen LogP contribution in [-0.2, 0) is 13.0 Å². The number of hydrogen-bond donors (Lipinski definition) is 1. The molecule has 1 aliphatic heterocycles. The first-order valence-electron chi connectivity index (χ1n) is 6.01. The van der Waals surface area contributed by atoms with Crippen LogP contribution >= 0.6 is 0 Å². The third-order valence-corrected chi connectivity index (χ3v) is 3.22. The highest BCUT2D eigenvalue weighted by Crippen LogP contribution is 2.21. The van der Waals surface area contributed by atoms with Gasteiger partial charge in [0.1, 0.15) is 0 Å². The molecule has 1 aromatic heterocycles. The average Bonchev–Trinajstić information content (AvgIpc) is 2.28. The van der Waals surface area contributed by atoms with Crippen LogP contribution in [0.5, 0.6) is 0 Å². The lowest BCUT2D eigenvalue weighted by molar-refractivity contribution is 0.183. The van der Waals surface area contributed by atoms with Gasteiger partial charge in [0, 0.05) is 37.9 Å². The third-order valence-electron chi connectivity index (χ3n) is 3.22. The lowest BCUT2D eigenvalue weighted by atomic mass is 9.99. The number of aliphatic hydroxyl groups is 1. The summed E-state index contributed by atoms with van der Waals surface area (Å²) in [6.07, 6.45) is 3.01. The summed E-state index contributed by atoms with van der Waals surface area (Å²) in [5.74, 6) is 0.533. The van der Waals surface area contributed by atoms with Crippen molar-refractivity contribution in [1.82, 2.24) is 9.88 Å². The number of pyridine rings is 1. The van der Waals surface area contributed by atoms with Gasteiger partial charge in [-0.15, -0.1) is 0 Å². The number of aromatic nitrogens is 1. The molecule has 0 fully saturated rings. The van der Waals surface area contributed by atoms with Gasteiger partial charge >= 0.3 is 0 Å². The molecule has 3 heteroatoms. The van der Waals surface area contributed by atoms with Gasteiger partial charge in [-0.3, -0.25) is 9.88 Å². The molecule has 1 N–H and O–H groups in total. The lowest BCUT2D eigenvalue weighted by Crippen LogP contribution is -2.33. The molecule has 0 saturated heterocycles. The molecule has 0 amide bonds. The minimum Gasteiger partial charge on any atom is -0.395 e. The van der Waals surface area contributed by atoms with Crippen molar-refractivity contribution in [3.05, 3.63) is 29.1 Å². The fourth-order valence-corrected chi connectivity index (χ4v) is 2.15. The highest BCUT2D eigenvalue weighted by atomic mass is 16.3. The molecule has 0 aromatic carbocycles. The van der Waals surface area contributed by atoms with Gasteiger partial charge in [0.2, 0.25) is 0 Å². The zero-order valence-corrected chi connectivity index (χ0v) is 10.1. The Bertz CT molecular complexity index is 363. The second kappa shape index (κ2) is 4.93. The van der Waals surface area contributed by atoms with Crippen molar-refractivity contribution >= 4 is 0 Å². The zero-order chi connectivity index (χ0) is 11.5. The number of hydrogen-bond acceptors (Lipinski definition) is 3. The normalized spacial score (nSPS) is 16.5. The molecule has 0 radical (unpaired) electrons. The summed E-state index contributed by atoms with van der Waals surface area (Å²) < 4.78 is 0. The van der Waals surface area contributed by atoms with E-state index < -0.39 is 0 Å². The molecule has 0 aliphatic carbocycles. The first-order chi connectivity index (χ1) is 7.70. The Morgan fingerprint density at radius 1 is 1.50 bits per heavy atom. The first kappa shape index (κ1) is 11.6. The van der Waals surface area contributed by atoms with Crippen molar-refractivity contribution in [2.45, 2.75) is 32.7 Å². The van der Waals surface area contributed by atoms with E-state index in [2.05, 4.69) is 29.8 Å². The summed E-state index contributed by atoms with van der Waals surface area (Å²) in [5, 5.41) is 8.95. The van der Waals surface area contributed by atoms with Crippen LogP contribution in [0.2, 0.25) is 0 Å². The standard InChI is InChI=1S/C13H20N2O/c1-10(2)11-7-12-9-15(5-6-16)4-3-13(12)14-8-11/h7-8,10,16H,3-6,9H2,1-2H3. The first-order valence-corrected chi connectivity index (χ1v) is 6.01. The summed E-state index contributed by atoms with van der Waals surface area (Å²) in [4.78, 5) is 6.83. The lowest BCUT2D eigenvalue weighted by Gasteiger charge is -2.27. The second-order valence-corrected chi connectivity index (χ2v) is 4.78. The van der Waals surface area contributed by atoms with E-state index >= 15 is 0 Å². The van der Waals surface area contributed by atoms with Crippen LogP contribution in [0.1, 0.15) is 36.6 Å². The number of fused-ring (bicyclic) bond motifs is 1. The molecule has 16 heavy (non-hydrogen) atoms. The summed E-state index contributed by atoms with van der Waals surface area (Å²) in [7, 11) is 0. The molecule has 0 saturated carbocycles.